The number of benzene rings is 2. The van der Waals surface area contributed by atoms with Crippen LogP contribution < -0.4 is 15.8 Å². The molecule has 8 nitrogen and oxygen atoms in total. The quantitative estimate of drug-likeness (QED) is 0.372. The van der Waals surface area contributed by atoms with Gasteiger partial charge in [0.1, 0.15) is 10.8 Å². The number of rotatable bonds is 6. The second-order valence-corrected chi connectivity index (χ2v) is 7.66. The summed E-state index contributed by atoms with van der Waals surface area (Å²) in [4.78, 5) is 12.5. The highest BCUT2D eigenvalue weighted by Gasteiger charge is 2.11. The average Bonchev–Trinajstić information content (AvgIpc) is 3.30. The summed E-state index contributed by atoms with van der Waals surface area (Å²) >= 11 is 1.49. The molecule has 0 saturated heterocycles. The standard InChI is InChI=1S/C23H17N7OS/c24-22-26-14-12-19(28-22)18-7-4-13-25-20(18)31-17-10-8-16(9-11-17)27-23-30-29-21(32-23)15-5-2-1-3-6-15/h1-14H,(H,27,30)(H2,24,26,28). The molecule has 3 N–H and O–H groups in total. The van der Waals surface area contributed by atoms with Crippen molar-refractivity contribution in [3.63, 3.8) is 0 Å². The van der Waals surface area contributed by atoms with Gasteiger partial charge in [0.15, 0.2) is 0 Å². The zero-order valence-electron chi connectivity index (χ0n) is 16.7. The number of aromatic nitrogens is 5. The van der Waals surface area contributed by atoms with Crippen LogP contribution >= 0.6 is 11.3 Å². The summed E-state index contributed by atoms with van der Waals surface area (Å²) in [5, 5.41) is 13.3. The van der Waals surface area contributed by atoms with E-state index in [2.05, 4.69) is 30.5 Å². The van der Waals surface area contributed by atoms with Gasteiger partial charge in [0.05, 0.1) is 11.3 Å². The van der Waals surface area contributed by atoms with Gasteiger partial charge >= 0.3 is 0 Å². The highest BCUT2D eigenvalue weighted by atomic mass is 32.1. The highest BCUT2D eigenvalue weighted by Crippen LogP contribution is 2.32. The predicted octanol–water partition coefficient (Wildman–Crippen LogP) is 5.18. The smallest absolute Gasteiger partial charge is 0.228 e. The molecule has 0 aliphatic rings. The molecule has 156 valence electrons. The van der Waals surface area contributed by atoms with Crippen molar-refractivity contribution in [2.24, 2.45) is 0 Å². The Morgan fingerprint density at radius 3 is 2.47 bits per heavy atom. The van der Waals surface area contributed by atoms with E-state index in [1.54, 1.807) is 18.5 Å². The summed E-state index contributed by atoms with van der Waals surface area (Å²) in [5.74, 6) is 1.27. The van der Waals surface area contributed by atoms with Gasteiger partial charge in [-0.1, -0.05) is 41.7 Å². The van der Waals surface area contributed by atoms with Crippen molar-refractivity contribution < 1.29 is 4.74 Å². The van der Waals surface area contributed by atoms with Crippen LogP contribution in [0.3, 0.4) is 0 Å². The van der Waals surface area contributed by atoms with E-state index in [-0.39, 0.29) is 5.95 Å². The Morgan fingerprint density at radius 1 is 0.812 bits per heavy atom. The molecular weight excluding hydrogens is 422 g/mol. The molecule has 0 fully saturated rings. The molecule has 5 rings (SSSR count). The molecule has 3 heterocycles. The van der Waals surface area contributed by atoms with Gasteiger partial charge in [0.25, 0.3) is 0 Å². The minimum Gasteiger partial charge on any atom is -0.438 e. The fourth-order valence-corrected chi connectivity index (χ4v) is 3.77. The van der Waals surface area contributed by atoms with Crippen LogP contribution in [0.1, 0.15) is 0 Å². The second-order valence-electron chi connectivity index (χ2n) is 6.69. The van der Waals surface area contributed by atoms with Crippen LogP contribution in [0.5, 0.6) is 11.6 Å². The maximum absolute atomic E-state index is 6.01. The molecular formula is C23H17N7OS. The summed E-state index contributed by atoms with van der Waals surface area (Å²) in [6.07, 6.45) is 3.27. The van der Waals surface area contributed by atoms with Crippen molar-refractivity contribution in [2.75, 3.05) is 11.1 Å². The number of ether oxygens (including phenoxy) is 1. The van der Waals surface area contributed by atoms with Gasteiger partial charge in [-0.3, -0.25) is 0 Å². The number of nitrogens with one attached hydrogen (secondary N) is 1. The third-order valence-corrected chi connectivity index (χ3v) is 5.37. The van der Waals surface area contributed by atoms with Gasteiger partial charge in [-0.2, -0.15) is 0 Å². The Kier molecular flexibility index (Phi) is 5.38. The molecule has 0 aliphatic heterocycles. The van der Waals surface area contributed by atoms with Gasteiger partial charge in [0.2, 0.25) is 17.0 Å². The molecule has 0 bridgehead atoms. The highest BCUT2D eigenvalue weighted by molar-refractivity contribution is 7.18. The first-order chi connectivity index (χ1) is 15.7. The Labute approximate surface area is 187 Å². The molecule has 2 aromatic carbocycles. The number of anilines is 3. The number of nitrogens with two attached hydrogens (primary N) is 1. The van der Waals surface area contributed by atoms with Gasteiger partial charge in [0, 0.05) is 23.6 Å². The summed E-state index contributed by atoms with van der Waals surface area (Å²) in [7, 11) is 0. The lowest BCUT2D eigenvalue weighted by Crippen LogP contribution is -1.97. The van der Waals surface area contributed by atoms with Crippen LogP contribution in [0.15, 0.2) is 85.2 Å². The average molecular weight is 440 g/mol. The molecule has 0 spiro atoms. The molecule has 0 atom stereocenters. The van der Waals surface area contributed by atoms with Crippen molar-refractivity contribution in [3.05, 3.63) is 85.2 Å². The fourth-order valence-electron chi connectivity index (χ4n) is 3.00. The van der Waals surface area contributed by atoms with E-state index in [4.69, 9.17) is 10.5 Å². The van der Waals surface area contributed by atoms with Crippen LogP contribution in [0.25, 0.3) is 21.8 Å². The van der Waals surface area contributed by atoms with Gasteiger partial charge in [-0.25, -0.2) is 15.0 Å². The number of pyridine rings is 1. The summed E-state index contributed by atoms with van der Waals surface area (Å²) in [6, 6.07) is 22.9. The fraction of sp³-hybridized carbons (Fsp3) is 0. The first-order valence-electron chi connectivity index (χ1n) is 9.72. The molecule has 0 aliphatic carbocycles. The number of hydrogen-bond donors (Lipinski definition) is 2. The minimum absolute atomic E-state index is 0.194. The number of hydrogen-bond acceptors (Lipinski definition) is 9. The van der Waals surface area contributed by atoms with E-state index in [1.807, 2.05) is 66.7 Å². The van der Waals surface area contributed by atoms with Crippen molar-refractivity contribution in [1.82, 2.24) is 25.1 Å². The van der Waals surface area contributed by atoms with E-state index in [0.717, 1.165) is 21.8 Å². The summed E-state index contributed by atoms with van der Waals surface area (Å²) < 4.78 is 6.01. The normalized spacial score (nSPS) is 10.6. The van der Waals surface area contributed by atoms with Gasteiger partial charge < -0.3 is 15.8 Å². The van der Waals surface area contributed by atoms with Crippen LogP contribution in [-0.4, -0.2) is 25.1 Å². The van der Waals surface area contributed by atoms with Gasteiger partial charge in [-0.05, 0) is 42.5 Å². The summed E-state index contributed by atoms with van der Waals surface area (Å²) in [6.45, 7) is 0. The Bertz CT molecular complexity index is 1340. The largest absolute Gasteiger partial charge is 0.438 e. The minimum atomic E-state index is 0.194. The molecule has 0 unspecified atom stereocenters. The van der Waals surface area contributed by atoms with Crippen LogP contribution in [0, 0.1) is 0 Å². The van der Waals surface area contributed by atoms with Crippen molar-refractivity contribution in [2.45, 2.75) is 0 Å². The molecule has 0 radical (unpaired) electrons. The van der Waals surface area contributed by atoms with E-state index in [9.17, 15) is 0 Å². The molecule has 3 aromatic heterocycles. The van der Waals surface area contributed by atoms with Crippen molar-refractivity contribution >= 4 is 28.1 Å². The summed E-state index contributed by atoms with van der Waals surface area (Å²) in [5.41, 5.74) is 9.00. The zero-order chi connectivity index (χ0) is 21.8. The first kappa shape index (κ1) is 19.6. The van der Waals surface area contributed by atoms with Crippen LogP contribution in [0.2, 0.25) is 0 Å². The maximum atomic E-state index is 6.01. The van der Waals surface area contributed by atoms with E-state index in [1.165, 1.54) is 11.3 Å². The van der Waals surface area contributed by atoms with Gasteiger partial charge in [-0.15, -0.1) is 10.2 Å². The third kappa shape index (κ3) is 4.37. The topological polar surface area (TPSA) is 112 Å². The van der Waals surface area contributed by atoms with Crippen molar-refractivity contribution in [3.8, 4) is 33.5 Å². The lowest BCUT2D eigenvalue weighted by atomic mass is 10.2. The monoisotopic (exact) mass is 439 g/mol. The Hall–Kier alpha value is -4.37. The number of nitrogen functional groups attached to an aromatic ring is 1. The molecule has 9 heteroatoms. The second kappa shape index (κ2) is 8.78. The lowest BCUT2D eigenvalue weighted by molar-refractivity contribution is 0.465. The van der Waals surface area contributed by atoms with E-state index in [0.29, 0.717) is 22.5 Å². The lowest BCUT2D eigenvalue weighted by Gasteiger charge is -2.10. The first-order valence-corrected chi connectivity index (χ1v) is 10.5. The number of nitrogens with zero attached hydrogens (tertiary/aromatic N) is 5. The Morgan fingerprint density at radius 2 is 1.66 bits per heavy atom. The molecule has 5 aromatic rings. The zero-order valence-corrected chi connectivity index (χ0v) is 17.5. The SMILES string of the molecule is Nc1nccc(-c2cccnc2Oc2ccc(Nc3nnc(-c4ccccc4)s3)cc2)n1. The third-order valence-electron chi connectivity index (χ3n) is 4.49. The van der Waals surface area contributed by atoms with Crippen LogP contribution in [0.4, 0.5) is 16.8 Å². The predicted molar refractivity (Wildman–Crippen MR) is 125 cm³/mol. The van der Waals surface area contributed by atoms with E-state index < -0.39 is 0 Å². The van der Waals surface area contributed by atoms with Crippen molar-refractivity contribution in [1.29, 1.82) is 0 Å². The van der Waals surface area contributed by atoms with Crippen LogP contribution in [-0.2, 0) is 0 Å². The molecule has 0 saturated carbocycles. The Balaban J connectivity index is 1.31. The maximum Gasteiger partial charge on any atom is 0.228 e. The van der Waals surface area contributed by atoms with E-state index >= 15 is 0 Å². The molecule has 32 heavy (non-hydrogen) atoms. The molecule has 0 amide bonds.